The third kappa shape index (κ3) is 3.63. The second kappa shape index (κ2) is 6.74. The summed E-state index contributed by atoms with van der Waals surface area (Å²) in [7, 11) is 0. The maximum absolute atomic E-state index is 4.09. The van der Waals surface area contributed by atoms with Gasteiger partial charge in [0.05, 0.1) is 0 Å². The van der Waals surface area contributed by atoms with E-state index in [1.165, 1.54) is 16.7 Å². The molecule has 1 nitrogen and oxygen atoms in total. The van der Waals surface area contributed by atoms with Crippen LogP contribution in [0.1, 0.15) is 31.4 Å². The number of hydrogen-bond donors (Lipinski definition) is 1. The molecule has 0 radical (unpaired) electrons. The zero-order chi connectivity index (χ0) is 12.7. The van der Waals surface area contributed by atoms with E-state index in [1.54, 1.807) is 0 Å². The normalized spacial score (nSPS) is 14.1. The number of aryl methyl sites for hydroxylation is 1. The van der Waals surface area contributed by atoms with Gasteiger partial charge in [0.1, 0.15) is 0 Å². The smallest absolute Gasteiger partial charge is 0.00861 e. The van der Waals surface area contributed by atoms with Gasteiger partial charge in [-0.2, -0.15) is 0 Å². The van der Waals surface area contributed by atoms with Crippen LogP contribution >= 0.6 is 0 Å². The number of allylic oxidation sites excluding steroid dienone is 3. The molecule has 0 amide bonds. The van der Waals surface area contributed by atoms with Crippen LogP contribution in [0.15, 0.2) is 54.9 Å². The van der Waals surface area contributed by atoms with E-state index < -0.39 is 0 Å². The Morgan fingerprint density at radius 3 is 2.41 bits per heavy atom. The lowest BCUT2D eigenvalue weighted by atomic mass is 9.97. The summed E-state index contributed by atoms with van der Waals surface area (Å²) in [6.45, 7) is 10.2. The van der Waals surface area contributed by atoms with Crippen molar-refractivity contribution < 1.29 is 0 Å². The van der Waals surface area contributed by atoms with Crippen LogP contribution in [-0.2, 0) is 0 Å². The van der Waals surface area contributed by atoms with E-state index >= 15 is 0 Å². The van der Waals surface area contributed by atoms with E-state index in [2.05, 4.69) is 49.2 Å². The van der Waals surface area contributed by atoms with Crippen molar-refractivity contribution in [3.8, 4) is 0 Å². The Labute approximate surface area is 105 Å². The molecule has 1 aliphatic heterocycles. The molecule has 0 unspecified atom stereocenters. The fourth-order valence-corrected chi connectivity index (χ4v) is 1.63. The number of benzene rings is 1. The van der Waals surface area contributed by atoms with Crippen LogP contribution in [0, 0.1) is 6.92 Å². The molecule has 0 saturated carbocycles. The number of rotatable bonds is 1. The SMILES string of the molecule is C=C1CC=CNC=C1c1ccc(C)cc1.CC. The van der Waals surface area contributed by atoms with Gasteiger partial charge < -0.3 is 5.32 Å². The summed E-state index contributed by atoms with van der Waals surface area (Å²) in [6, 6.07) is 8.53. The average Bonchev–Trinajstić information content (AvgIpc) is 2.58. The molecule has 2 rings (SSSR count). The highest BCUT2D eigenvalue weighted by Crippen LogP contribution is 2.25. The van der Waals surface area contributed by atoms with E-state index in [1.807, 2.05) is 26.2 Å². The lowest BCUT2D eigenvalue weighted by Gasteiger charge is -2.08. The summed E-state index contributed by atoms with van der Waals surface area (Å²) in [6.07, 6.45) is 6.95. The number of nitrogens with one attached hydrogen (secondary N) is 1. The molecule has 1 N–H and O–H groups in total. The minimum atomic E-state index is 0.909. The highest BCUT2D eigenvalue weighted by Gasteiger charge is 2.06. The van der Waals surface area contributed by atoms with E-state index in [0.717, 1.165) is 12.0 Å². The van der Waals surface area contributed by atoms with Gasteiger partial charge >= 0.3 is 0 Å². The van der Waals surface area contributed by atoms with Crippen LogP contribution in [0.5, 0.6) is 0 Å². The highest BCUT2D eigenvalue weighted by atomic mass is 14.8. The van der Waals surface area contributed by atoms with Gasteiger partial charge in [0.15, 0.2) is 0 Å². The molecule has 1 aromatic rings. The van der Waals surface area contributed by atoms with Gasteiger partial charge in [-0.1, -0.05) is 56.3 Å². The quantitative estimate of drug-likeness (QED) is 0.748. The second-order valence-electron chi connectivity index (χ2n) is 3.80. The summed E-state index contributed by atoms with van der Waals surface area (Å²) < 4.78 is 0. The number of hydrogen-bond acceptors (Lipinski definition) is 1. The summed E-state index contributed by atoms with van der Waals surface area (Å²) in [4.78, 5) is 0. The van der Waals surface area contributed by atoms with E-state index in [4.69, 9.17) is 0 Å². The molecule has 0 aromatic heterocycles. The molecule has 0 saturated heterocycles. The Morgan fingerprint density at radius 2 is 1.76 bits per heavy atom. The van der Waals surface area contributed by atoms with Crippen LogP contribution < -0.4 is 5.32 Å². The third-order valence-corrected chi connectivity index (χ3v) is 2.55. The first-order valence-electron chi connectivity index (χ1n) is 6.14. The summed E-state index contributed by atoms with van der Waals surface area (Å²) >= 11 is 0. The zero-order valence-corrected chi connectivity index (χ0v) is 11.0. The molecular weight excluding hydrogens is 206 g/mol. The van der Waals surface area contributed by atoms with Crippen LogP contribution in [0.3, 0.4) is 0 Å². The van der Waals surface area contributed by atoms with Crippen LogP contribution in [-0.4, -0.2) is 0 Å². The van der Waals surface area contributed by atoms with Crippen molar-refractivity contribution in [2.75, 3.05) is 0 Å². The Morgan fingerprint density at radius 1 is 1.12 bits per heavy atom. The topological polar surface area (TPSA) is 12.0 Å². The van der Waals surface area contributed by atoms with E-state index in [0.29, 0.717) is 0 Å². The molecule has 1 heteroatoms. The molecule has 0 spiro atoms. The van der Waals surface area contributed by atoms with Crippen molar-refractivity contribution in [2.24, 2.45) is 0 Å². The largest absolute Gasteiger partial charge is 0.367 e. The molecule has 1 heterocycles. The molecule has 90 valence electrons. The fourth-order valence-electron chi connectivity index (χ4n) is 1.63. The summed E-state index contributed by atoms with van der Waals surface area (Å²) in [5.41, 5.74) is 4.85. The summed E-state index contributed by atoms with van der Waals surface area (Å²) in [5, 5.41) is 3.14. The molecular formula is C16H21N. The molecule has 1 aliphatic rings. The first-order valence-corrected chi connectivity index (χ1v) is 6.14. The average molecular weight is 227 g/mol. The van der Waals surface area contributed by atoms with Gasteiger partial charge in [-0.25, -0.2) is 0 Å². The maximum atomic E-state index is 4.09. The lowest BCUT2D eigenvalue weighted by molar-refractivity contribution is 1.20. The van der Waals surface area contributed by atoms with E-state index in [-0.39, 0.29) is 0 Å². The van der Waals surface area contributed by atoms with Crippen molar-refractivity contribution >= 4 is 5.57 Å². The molecule has 1 aromatic carbocycles. The van der Waals surface area contributed by atoms with Crippen molar-refractivity contribution in [1.29, 1.82) is 0 Å². The second-order valence-corrected chi connectivity index (χ2v) is 3.80. The minimum Gasteiger partial charge on any atom is -0.367 e. The Balaban J connectivity index is 0.000000686. The van der Waals surface area contributed by atoms with Gasteiger partial charge in [-0.05, 0) is 30.7 Å². The lowest BCUT2D eigenvalue weighted by Crippen LogP contribution is -1.94. The Kier molecular flexibility index (Phi) is 5.28. The van der Waals surface area contributed by atoms with Gasteiger partial charge in [0.25, 0.3) is 0 Å². The molecule has 17 heavy (non-hydrogen) atoms. The zero-order valence-electron chi connectivity index (χ0n) is 11.0. The minimum absolute atomic E-state index is 0.909. The fraction of sp³-hybridized carbons (Fsp3) is 0.250. The summed E-state index contributed by atoms with van der Waals surface area (Å²) in [5.74, 6) is 0. The monoisotopic (exact) mass is 227 g/mol. The van der Waals surface area contributed by atoms with Gasteiger partial charge in [-0.3, -0.25) is 0 Å². The predicted molar refractivity (Wildman–Crippen MR) is 76.5 cm³/mol. The van der Waals surface area contributed by atoms with Crippen LogP contribution in [0.25, 0.3) is 5.57 Å². The van der Waals surface area contributed by atoms with Crippen LogP contribution in [0.2, 0.25) is 0 Å². The first kappa shape index (κ1) is 13.3. The van der Waals surface area contributed by atoms with Crippen molar-refractivity contribution in [2.45, 2.75) is 27.2 Å². The Hall–Kier alpha value is -1.76. The van der Waals surface area contributed by atoms with Gasteiger partial charge in [0.2, 0.25) is 0 Å². The molecule has 0 aliphatic carbocycles. The van der Waals surface area contributed by atoms with Gasteiger partial charge in [0, 0.05) is 11.8 Å². The van der Waals surface area contributed by atoms with Gasteiger partial charge in [-0.15, -0.1) is 0 Å². The first-order chi connectivity index (χ1) is 8.27. The predicted octanol–water partition coefficient (Wildman–Crippen LogP) is 4.43. The Bertz CT molecular complexity index is 421. The van der Waals surface area contributed by atoms with Crippen LogP contribution in [0.4, 0.5) is 0 Å². The third-order valence-electron chi connectivity index (χ3n) is 2.55. The standard InChI is InChI=1S/C14H15N.C2H6/c1-11-5-7-13(8-6-11)14-10-15-9-3-4-12(14)2;1-2/h3,5-10,15H,2,4H2,1H3;1-2H3. The van der Waals surface area contributed by atoms with Crippen molar-refractivity contribution in [3.05, 3.63) is 66.0 Å². The van der Waals surface area contributed by atoms with Crippen molar-refractivity contribution in [3.63, 3.8) is 0 Å². The molecule has 0 fully saturated rings. The van der Waals surface area contributed by atoms with Crippen molar-refractivity contribution in [1.82, 2.24) is 5.32 Å². The van der Waals surface area contributed by atoms with E-state index in [9.17, 15) is 0 Å². The molecule has 0 bridgehead atoms. The molecule has 0 atom stereocenters. The highest BCUT2D eigenvalue weighted by molar-refractivity contribution is 5.78. The maximum Gasteiger partial charge on any atom is 0.00861 e.